The van der Waals surface area contributed by atoms with Gasteiger partial charge in [-0.25, -0.2) is 17.9 Å². The molecule has 0 spiro atoms. The Kier molecular flexibility index (Phi) is 4.44. The number of carbonyl (C=O) groups is 1. The third kappa shape index (κ3) is 3.50. The van der Waals surface area contributed by atoms with E-state index in [0.717, 1.165) is 5.56 Å². The summed E-state index contributed by atoms with van der Waals surface area (Å²) in [7, 11) is -0.732. The van der Waals surface area contributed by atoms with Gasteiger partial charge >= 0.3 is 5.97 Å². The smallest absolute Gasteiger partial charge is 0.339 e. The fourth-order valence-corrected chi connectivity index (χ4v) is 3.11. The van der Waals surface area contributed by atoms with E-state index >= 15 is 0 Å². The van der Waals surface area contributed by atoms with Gasteiger partial charge in [-0.15, -0.1) is 0 Å². The first-order valence-corrected chi connectivity index (χ1v) is 7.70. The van der Waals surface area contributed by atoms with Gasteiger partial charge in [-0.2, -0.15) is 0 Å². The number of aryl methyl sites for hydroxylation is 1. The minimum absolute atomic E-state index is 0.0144. The molecule has 0 fully saturated rings. The number of nitrogens with zero attached hydrogens (tertiary/aromatic N) is 1. The summed E-state index contributed by atoms with van der Waals surface area (Å²) in [6, 6.07) is 7.75. The quantitative estimate of drug-likeness (QED) is 0.844. The standard InChI is InChI=1S/C14H16N2O4S/c1-16-8-7-11(10-16)9-15-21(18,19)13-6-4-3-5-12(13)14(17)20-2/h3-8,10,15H,9H2,1-2H3. The van der Waals surface area contributed by atoms with Crippen LogP contribution in [0, 0.1) is 0 Å². The molecule has 0 amide bonds. The highest BCUT2D eigenvalue weighted by Crippen LogP contribution is 2.16. The van der Waals surface area contributed by atoms with Gasteiger partial charge < -0.3 is 9.30 Å². The Hall–Kier alpha value is -2.12. The van der Waals surface area contributed by atoms with E-state index in [4.69, 9.17) is 0 Å². The molecule has 1 N–H and O–H groups in total. The second-order valence-corrected chi connectivity index (χ2v) is 6.23. The number of esters is 1. The van der Waals surface area contributed by atoms with E-state index in [2.05, 4.69) is 9.46 Å². The lowest BCUT2D eigenvalue weighted by molar-refractivity contribution is 0.0596. The molecular formula is C14H16N2O4S. The van der Waals surface area contributed by atoms with Crippen LogP contribution in [0.3, 0.4) is 0 Å². The molecule has 1 heterocycles. The van der Waals surface area contributed by atoms with Crippen LogP contribution in [0.4, 0.5) is 0 Å². The van der Waals surface area contributed by atoms with Crippen molar-refractivity contribution in [1.29, 1.82) is 0 Å². The zero-order valence-corrected chi connectivity index (χ0v) is 12.6. The molecule has 6 nitrogen and oxygen atoms in total. The summed E-state index contributed by atoms with van der Waals surface area (Å²) in [5.74, 6) is -0.685. The summed E-state index contributed by atoms with van der Waals surface area (Å²) in [4.78, 5) is 11.6. The number of benzene rings is 1. The number of nitrogens with one attached hydrogen (secondary N) is 1. The van der Waals surface area contributed by atoms with Crippen LogP contribution in [0.5, 0.6) is 0 Å². The van der Waals surface area contributed by atoms with Crippen molar-refractivity contribution < 1.29 is 17.9 Å². The van der Waals surface area contributed by atoms with Gasteiger partial charge in [0.2, 0.25) is 10.0 Å². The molecule has 1 aromatic heterocycles. The molecule has 21 heavy (non-hydrogen) atoms. The average molecular weight is 308 g/mol. The molecule has 0 saturated carbocycles. The van der Waals surface area contributed by atoms with Crippen molar-refractivity contribution in [3.8, 4) is 0 Å². The SMILES string of the molecule is COC(=O)c1ccccc1S(=O)(=O)NCc1ccn(C)c1. The average Bonchev–Trinajstić information content (AvgIpc) is 2.90. The summed E-state index contributed by atoms with van der Waals surface area (Å²) in [6.07, 6.45) is 3.64. The van der Waals surface area contributed by atoms with E-state index in [1.54, 1.807) is 12.1 Å². The van der Waals surface area contributed by atoms with Gasteiger partial charge in [0.25, 0.3) is 0 Å². The number of hydrogen-bond acceptors (Lipinski definition) is 4. The van der Waals surface area contributed by atoms with Gasteiger partial charge in [0.05, 0.1) is 17.6 Å². The Bertz CT molecular complexity index is 750. The second-order valence-electron chi connectivity index (χ2n) is 4.50. The first-order chi connectivity index (χ1) is 9.94. The number of carbonyl (C=O) groups excluding carboxylic acids is 1. The van der Waals surface area contributed by atoms with Crippen LogP contribution in [0.1, 0.15) is 15.9 Å². The van der Waals surface area contributed by atoms with Gasteiger partial charge in [0.1, 0.15) is 0 Å². The lowest BCUT2D eigenvalue weighted by atomic mass is 10.2. The number of sulfonamides is 1. The van der Waals surface area contributed by atoms with Crippen molar-refractivity contribution in [2.45, 2.75) is 11.4 Å². The van der Waals surface area contributed by atoms with Gasteiger partial charge in [0.15, 0.2) is 0 Å². The molecule has 0 radical (unpaired) electrons. The van der Waals surface area contributed by atoms with Gasteiger partial charge in [0, 0.05) is 26.0 Å². The zero-order valence-electron chi connectivity index (χ0n) is 11.7. The Morgan fingerprint density at radius 1 is 1.29 bits per heavy atom. The lowest BCUT2D eigenvalue weighted by Gasteiger charge is -2.09. The molecule has 0 unspecified atom stereocenters. The van der Waals surface area contributed by atoms with Crippen molar-refractivity contribution >= 4 is 16.0 Å². The summed E-state index contributed by atoms with van der Waals surface area (Å²) in [6.45, 7) is 0.151. The molecule has 2 aromatic rings. The van der Waals surface area contributed by atoms with Crippen molar-refractivity contribution in [3.63, 3.8) is 0 Å². The Morgan fingerprint density at radius 2 is 2.00 bits per heavy atom. The summed E-state index contributed by atoms with van der Waals surface area (Å²) in [5, 5.41) is 0. The molecule has 0 atom stereocenters. The topological polar surface area (TPSA) is 77.4 Å². The van der Waals surface area contributed by atoms with E-state index in [1.807, 2.05) is 30.1 Å². The number of ether oxygens (including phenoxy) is 1. The maximum Gasteiger partial charge on any atom is 0.339 e. The van der Waals surface area contributed by atoms with Crippen LogP contribution in [-0.2, 0) is 28.4 Å². The van der Waals surface area contributed by atoms with Gasteiger partial charge in [-0.1, -0.05) is 12.1 Å². The van der Waals surface area contributed by atoms with Crippen molar-refractivity contribution in [2.24, 2.45) is 7.05 Å². The summed E-state index contributed by atoms with van der Waals surface area (Å²) < 4.78 is 33.6. The van der Waals surface area contributed by atoms with E-state index in [9.17, 15) is 13.2 Å². The first kappa shape index (κ1) is 15.3. The fraction of sp³-hybridized carbons (Fsp3) is 0.214. The zero-order chi connectivity index (χ0) is 15.5. The molecule has 0 bridgehead atoms. The van der Waals surface area contributed by atoms with Crippen LogP contribution in [0.2, 0.25) is 0 Å². The molecule has 7 heteroatoms. The van der Waals surface area contributed by atoms with Crippen LogP contribution >= 0.6 is 0 Å². The highest BCUT2D eigenvalue weighted by Gasteiger charge is 2.22. The number of methoxy groups -OCH3 is 1. The predicted octanol–water partition coefficient (Wildman–Crippen LogP) is 1.29. The van der Waals surface area contributed by atoms with E-state index in [1.165, 1.54) is 19.2 Å². The summed E-state index contributed by atoms with van der Waals surface area (Å²) in [5.41, 5.74) is 0.845. The fourth-order valence-electron chi connectivity index (χ4n) is 1.90. The maximum absolute atomic E-state index is 12.3. The molecule has 0 aliphatic heterocycles. The summed E-state index contributed by atoms with van der Waals surface area (Å²) >= 11 is 0. The third-order valence-electron chi connectivity index (χ3n) is 2.94. The van der Waals surface area contributed by atoms with Crippen molar-refractivity contribution in [2.75, 3.05) is 7.11 Å². The predicted molar refractivity (Wildman–Crippen MR) is 77.2 cm³/mol. The first-order valence-electron chi connectivity index (χ1n) is 6.22. The second kappa shape index (κ2) is 6.11. The Morgan fingerprint density at radius 3 is 2.62 bits per heavy atom. The van der Waals surface area contributed by atoms with Crippen molar-refractivity contribution in [3.05, 3.63) is 53.9 Å². The van der Waals surface area contributed by atoms with Crippen LogP contribution in [0.25, 0.3) is 0 Å². The monoisotopic (exact) mass is 308 g/mol. The van der Waals surface area contributed by atoms with E-state index in [-0.39, 0.29) is 17.0 Å². The largest absolute Gasteiger partial charge is 0.465 e. The molecule has 112 valence electrons. The highest BCUT2D eigenvalue weighted by molar-refractivity contribution is 7.89. The Balaban J connectivity index is 2.25. The van der Waals surface area contributed by atoms with Gasteiger partial charge in [-0.3, -0.25) is 0 Å². The number of rotatable bonds is 5. The molecule has 0 aliphatic carbocycles. The lowest BCUT2D eigenvalue weighted by Crippen LogP contribution is -2.25. The van der Waals surface area contributed by atoms with E-state index in [0.29, 0.717) is 0 Å². The maximum atomic E-state index is 12.3. The third-order valence-corrected chi connectivity index (χ3v) is 4.40. The minimum Gasteiger partial charge on any atom is -0.465 e. The van der Waals surface area contributed by atoms with Crippen LogP contribution < -0.4 is 4.72 Å². The van der Waals surface area contributed by atoms with Crippen molar-refractivity contribution in [1.82, 2.24) is 9.29 Å². The van der Waals surface area contributed by atoms with Crippen LogP contribution in [0.15, 0.2) is 47.6 Å². The van der Waals surface area contributed by atoms with E-state index < -0.39 is 16.0 Å². The molecule has 2 rings (SSSR count). The van der Waals surface area contributed by atoms with Gasteiger partial charge in [-0.05, 0) is 23.8 Å². The number of aromatic nitrogens is 1. The molecule has 0 aliphatic rings. The normalized spacial score (nSPS) is 11.3. The molecular weight excluding hydrogens is 292 g/mol. The highest BCUT2D eigenvalue weighted by atomic mass is 32.2. The Labute approximate surface area is 123 Å². The molecule has 0 saturated heterocycles. The van der Waals surface area contributed by atoms with Crippen LogP contribution in [-0.4, -0.2) is 26.1 Å². The minimum atomic E-state index is -3.80. The molecule has 1 aromatic carbocycles. The number of hydrogen-bond donors (Lipinski definition) is 1.